The SMILES string of the molecule is CC1CCN(CCCNC(=O)CCNC2CC2)CC1. The van der Waals surface area contributed by atoms with Crippen molar-refractivity contribution in [1.29, 1.82) is 0 Å². The van der Waals surface area contributed by atoms with Crippen LogP contribution in [0.4, 0.5) is 0 Å². The molecule has 1 saturated carbocycles. The van der Waals surface area contributed by atoms with Crippen molar-refractivity contribution in [2.24, 2.45) is 5.92 Å². The summed E-state index contributed by atoms with van der Waals surface area (Å²) in [6.07, 6.45) is 6.94. The highest BCUT2D eigenvalue weighted by Gasteiger charge is 2.20. The van der Waals surface area contributed by atoms with E-state index in [-0.39, 0.29) is 5.91 Å². The van der Waals surface area contributed by atoms with Crippen molar-refractivity contribution in [2.45, 2.75) is 51.5 Å². The number of rotatable bonds is 8. The molecule has 4 nitrogen and oxygen atoms in total. The highest BCUT2D eigenvalue weighted by Crippen LogP contribution is 2.18. The fourth-order valence-electron chi connectivity index (χ4n) is 2.58. The van der Waals surface area contributed by atoms with Crippen LogP contribution in [-0.2, 0) is 4.79 Å². The Morgan fingerprint density at radius 1 is 1.16 bits per heavy atom. The molecule has 0 spiro atoms. The maximum absolute atomic E-state index is 11.6. The number of nitrogens with one attached hydrogen (secondary N) is 2. The van der Waals surface area contributed by atoms with Crippen molar-refractivity contribution in [1.82, 2.24) is 15.5 Å². The molecule has 0 bridgehead atoms. The van der Waals surface area contributed by atoms with Gasteiger partial charge in [-0.15, -0.1) is 0 Å². The maximum Gasteiger partial charge on any atom is 0.221 e. The molecule has 2 aliphatic rings. The van der Waals surface area contributed by atoms with Crippen LogP contribution in [0.15, 0.2) is 0 Å². The molecule has 1 amide bonds. The number of nitrogens with zero attached hydrogens (tertiary/aromatic N) is 1. The Morgan fingerprint density at radius 3 is 2.58 bits per heavy atom. The zero-order chi connectivity index (χ0) is 13.5. The van der Waals surface area contributed by atoms with Crippen LogP contribution < -0.4 is 10.6 Å². The average molecular weight is 267 g/mol. The molecule has 0 atom stereocenters. The van der Waals surface area contributed by atoms with E-state index in [1.54, 1.807) is 0 Å². The molecule has 0 radical (unpaired) electrons. The first-order chi connectivity index (χ1) is 9.24. The molecule has 0 aromatic heterocycles. The fraction of sp³-hybridized carbons (Fsp3) is 0.933. The van der Waals surface area contributed by atoms with Crippen LogP contribution in [-0.4, -0.2) is 49.6 Å². The highest BCUT2D eigenvalue weighted by molar-refractivity contribution is 5.75. The lowest BCUT2D eigenvalue weighted by atomic mass is 9.99. The summed E-state index contributed by atoms with van der Waals surface area (Å²) < 4.78 is 0. The second kappa shape index (κ2) is 7.85. The Bertz CT molecular complexity index is 271. The molecule has 4 heteroatoms. The van der Waals surface area contributed by atoms with E-state index in [9.17, 15) is 4.79 Å². The molecule has 2 rings (SSSR count). The maximum atomic E-state index is 11.6. The van der Waals surface area contributed by atoms with E-state index in [4.69, 9.17) is 0 Å². The fourth-order valence-corrected chi connectivity index (χ4v) is 2.58. The molecule has 1 aliphatic heterocycles. The van der Waals surface area contributed by atoms with Gasteiger partial charge in [-0.2, -0.15) is 0 Å². The Morgan fingerprint density at radius 2 is 1.89 bits per heavy atom. The molecule has 19 heavy (non-hydrogen) atoms. The van der Waals surface area contributed by atoms with Gasteiger partial charge in [0.2, 0.25) is 5.91 Å². The lowest BCUT2D eigenvalue weighted by Crippen LogP contribution is -2.35. The first-order valence-electron chi connectivity index (χ1n) is 7.96. The van der Waals surface area contributed by atoms with Gasteiger partial charge in [-0.3, -0.25) is 4.79 Å². The van der Waals surface area contributed by atoms with E-state index in [1.165, 1.54) is 38.8 Å². The Kier molecular flexibility index (Phi) is 6.11. The van der Waals surface area contributed by atoms with Gasteiger partial charge in [-0.05, 0) is 57.7 Å². The first kappa shape index (κ1) is 14.8. The summed E-state index contributed by atoms with van der Waals surface area (Å²) in [6.45, 7) is 7.61. The Labute approximate surface area is 117 Å². The van der Waals surface area contributed by atoms with Gasteiger partial charge in [0.05, 0.1) is 0 Å². The number of carbonyl (C=O) groups is 1. The third kappa shape index (κ3) is 6.39. The van der Waals surface area contributed by atoms with Crippen LogP contribution in [0.3, 0.4) is 0 Å². The summed E-state index contributed by atoms with van der Waals surface area (Å²) in [5.74, 6) is 1.09. The van der Waals surface area contributed by atoms with Gasteiger partial charge in [-0.25, -0.2) is 0 Å². The van der Waals surface area contributed by atoms with Crippen LogP contribution in [0.2, 0.25) is 0 Å². The lowest BCUT2D eigenvalue weighted by Gasteiger charge is -2.30. The molecular weight excluding hydrogens is 238 g/mol. The molecule has 1 saturated heterocycles. The minimum atomic E-state index is 0.195. The predicted octanol–water partition coefficient (Wildman–Crippen LogP) is 1.37. The van der Waals surface area contributed by atoms with Crippen LogP contribution in [0, 0.1) is 5.92 Å². The van der Waals surface area contributed by atoms with Crippen molar-refractivity contribution in [3.05, 3.63) is 0 Å². The minimum Gasteiger partial charge on any atom is -0.356 e. The monoisotopic (exact) mass is 267 g/mol. The summed E-state index contributed by atoms with van der Waals surface area (Å²) in [5.41, 5.74) is 0. The molecule has 2 fully saturated rings. The second-order valence-electron chi connectivity index (χ2n) is 6.21. The smallest absolute Gasteiger partial charge is 0.221 e. The molecule has 1 heterocycles. The highest BCUT2D eigenvalue weighted by atomic mass is 16.1. The van der Waals surface area contributed by atoms with E-state index < -0.39 is 0 Å². The number of hydrogen-bond acceptors (Lipinski definition) is 3. The van der Waals surface area contributed by atoms with Crippen LogP contribution >= 0.6 is 0 Å². The van der Waals surface area contributed by atoms with E-state index in [0.717, 1.165) is 32.0 Å². The van der Waals surface area contributed by atoms with Crippen molar-refractivity contribution in [3.63, 3.8) is 0 Å². The molecule has 0 unspecified atom stereocenters. The standard InChI is InChI=1S/C15H29N3O/c1-13-6-11-18(12-7-13)10-2-8-17-15(19)5-9-16-14-3-4-14/h13-14,16H,2-12H2,1H3,(H,17,19). The lowest BCUT2D eigenvalue weighted by molar-refractivity contribution is -0.121. The van der Waals surface area contributed by atoms with Crippen molar-refractivity contribution < 1.29 is 4.79 Å². The van der Waals surface area contributed by atoms with Gasteiger partial charge in [0.1, 0.15) is 0 Å². The number of hydrogen-bond donors (Lipinski definition) is 2. The largest absolute Gasteiger partial charge is 0.356 e. The number of carbonyl (C=O) groups excluding carboxylic acids is 1. The molecule has 0 aromatic rings. The van der Waals surface area contributed by atoms with Gasteiger partial charge in [0.25, 0.3) is 0 Å². The van der Waals surface area contributed by atoms with Gasteiger partial charge in [0.15, 0.2) is 0 Å². The second-order valence-corrected chi connectivity index (χ2v) is 6.21. The zero-order valence-corrected chi connectivity index (χ0v) is 12.3. The molecule has 110 valence electrons. The minimum absolute atomic E-state index is 0.195. The molecule has 0 aromatic carbocycles. The first-order valence-corrected chi connectivity index (χ1v) is 7.96. The molecule has 1 aliphatic carbocycles. The van der Waals surface area contributed by atoms with Crippen molar-refractivity contribution in [2.75, 3.05) is 32.7 Å². The van der Waals surface area contributed by atoms with Gasteiger partial charge < -0.3 is 15.5 Å². The Balaban J connectivity index is 1.41. The number of amides is 1. The quantitative estimate of drug-likeness (QED) is 0.653. The summed E-state index contributed by atoms with van der Waals surface area (Å²) in [5, 5.41) is 6.38. The topological polar surface area (TPSA) is 44.4 Å². The summed E-state index contributed by atoms with van der Waals surface area (Å²) >= 11 is 0. The van der Waals surface area contributed by atoms with E-state index >= 15 is 0 Å². The number of piperidine rings is 1. The third-order valence-corrected chi connectivity index (χ3v) is 4.21. The summed E-state index contributed by atoms with van der Waals surface area (Å²) in [7, 11) is 0. The van der Waals surface area contributed by atoms with E-state index in [2.05, 4.69) is 22.5 Å². The van der Waals surface area contributed by atoms with Gasteiger partial charge in [0, 0.05) is 25.6 Å². The number of likely N-dealkylation sites (tertiary alicyclic amines) is 1. The van der Waals surface area contributed by atoms with Crippen LogP contribution in [0.1, 0.15) is 45.4 Å². The third-order valence-electron chi connectivity index (χ3n) is 4.21. The summed E-state index contributed by atoms with van der Waals surface area (Å²) in [4.78, 5) is 14.1. The predicted molar refractivity (Wildman–Crippen MR) is 78.1 cm³/mol. The van der Waals surface area contributed by atoms with Gasteiger partial charge in [-0.1, -0.05) is 6.92 Å². The van der Waals surface area contributed by atoms with E-state index in [1.807, 2.05) is 0 Å². The van der Waals surface area contributed by atoms with Crippen LogP contribution in [0.5, 0.6) is 0 Å². The van der Waals surface area contributed by atoms with Crippen molar-refractivity contribution in [3.8, 4) is 0 Å². The molecular formula is C15H29N3O. The van der Waals surface area contributed by atoms with Crippen LogP contribution in [0.25, 0.3) is 0 Å². The van der Waals surface area contributed by atoms with Gasteiger partial charge >= 0.3 is 0 Å². The normalized spacial score (nSPS) is 21.5. The van der Waals surface area contributed by atoms with Crippen molar-refractivity contribution >= 4 is 5.91 Å². The Hall–Kier alpha value is -0.610. The van der Waals surface area contributed by atoms with E-state index in [0.29, 0.717) is 12.5 Å². The molecule has 2 N–H and O–H groups in total. The zero-order valence-electron chi connectivity index (χ0n) is 12.3. The average Bonchev–Trinajstić information content (AvgIpc) is 3.21. The summed E-state index contributed by atoms with van der Waals surface area (Å²) in [6, 6.07) is 0.703.